The number of halogens is 4. The molecule has 0 spiro atoms. The average Bonchev–Trinajstić information content (AvgIpc) is 2.55. The van der Waals surface area contributed by atoms with E-state index in [1.54, 1.807) is 0 Å². The lowest BCUT2D eigenvalue weighted by molar-refractivity contribution is 0.0497. The number of amidine groups is 1. The second kappa shape index (κ2) is 5.75. The minimum atomic E-state index is -2.81. The van der Waals surface area contributed by atoms with Crippen molar-refractivity contribution in [1.82, 2.24) is 0 Å². The van der Waals surface area contributed by atoms with Gasteiger partial charge in [0.05, 0.1) is 5.75 Å². The summed E-state index contributed by atoms with van der Waals surface area (Å²) in [6.07, 6.45) is -2.75. The SMILES string of the molecule is NC1=NC(c2cc(Br)ccc2F)(C(F)F)CCSC1. The second-order valence-electron chi connectivity index (χ2n) is 4.25. The van der Waals surface area contributed by atoms with Crippen molar-refractivity contribution in [1.29, 1.82) is 0 Å². The number of hydrogen-bond donors (Lipinski definition) is 1. The van der Waals surface area contributed by atoms with E-state index in [4.69, 9.17) is 5.73 Å². The van der Waals surface area contributed by atoms with Crippen molar-refractivity contribution in [2.75, 3.05) is 11.5 Å². The van der Waals surface area contributed by atoms with Crippen LogP contribution >= 0.6 is 27.7 Å². The molecule has 2 nitrogen and oxygen atoms in total. The highest BCUT2D eigenvalue weighted by Crippen LogP contribution is 2.41. The van der Waals surface area contributed by atoms with Crippen LogP contribution in [-0.4, -0.2) is 23.8 Å². The van der Waals surface area contributed by atoms with Gasteiger partial charge in [0.2, 0.25) is 0 Å². The molecule has 1 atom stereocenters. The normalized spacial score (nSPS) is 24.2. The molecule has 1 aliphatic heterocycles. The molecule has 0 aliphatic carbocycles. The third-order valence-electron chi connectivity index (χ3n) is 2.98. The fourth-order valence-corrected chi connectivity index (χ4v) is 3.28. The summed E-state index contributed by atoms with van der Waals surface area (Å²) in [4.78, 5) is 3.94. The van der Waals surface area contributed by atoms with Crippen LogP contribution in [0.2, 0.25) is 0 Å². The first-order valence-corrected chi connectivity index (χ1v) is 7.56. The smallest absolute Gasteiger partial charge is 0.267 e. The molecule has 1 aromatic carbocycles. The van der Waals surface area contributed by atoms with Gasteiger partial charge in [0.25, 0.3) is 6.43 Å². The third kappa shape index (κ3) is 2.91. The van der Waals surface area contributed by atoms with Crippen molar-refractivity contribution in [2.24, 2.45) is 10.7 Å². The lowest BCUT2D eigenvalue weighted by Gasteiger charge is -2.29. The van der Waals surface area contributed by atoms with Crippen LogP contribution in [0.3, 0.4) is 0 Å². The van der Waals surface area contributed by atoms with E-state index in [1.165, 1.54) is 23.9 Å². The summed E-state index contributed by atoms with van der Waals surface area (Å²) in [5, 5.41) is 0. The summed E-state index contributed by atoms with van der Waals surface area (Å²) >= 11 is 4.60. The predicted octanol–water partition coefficient (Wildman–Crippen LogP) is 3.54. The molecule has 1 heterocycles. The highest BCUT2D eigenvalue weighted by molar-refractivity contribution is 9.10. The van der Waals surface area contributed by atoms with Gasteiger partial charge in [-0.25, -0.2) is 13.2 Å². The van der Waals surface area contributed by atoms with Crippen molar-refractivity contribution in [2.45, 2.75) is 18.4 Å². The van der Waals surface area contributed by atoms with E-state index >= 15 is 0 Å². The zero-order valence-electron chi connectivity index (χ0n) is 9.88. The molecule has 0 radical (unpaired) electrons. The highest BCUT2D eigenvalue weighted by Gasteiger charge is 2.44. The minimum Gasteiger partial charge on any atom is -0.387 e. The second-order valence-corrected chi connectivity index (χ2v) is 6.28. The molecule has 0 saturated heterocycles. The molecule has 1 aromatic rings. The van der Waals surface area contributed by atoms with Crippen LogP contribution in [0.5, 0.6) is 0 Å². The van der Waals surface area contributed by atoms with Gasteiger partial charge < -0.3 is 5.73 Å². The standard InChI is InChI=1S/C12H12BrF3N2S/c13-7-1-2-9(14)8(5-7)12(11(15)16)3-4-19-6-10(17)18-12/h1-2,5,11H,3-4,6H2,(H2,17,18). The molecule has 7 heteroatoms. The number of nitrogens with two attached hydrogens (primary N) is 1. The lowest BCUT2D eigenvalue weighted by Crippen LogP contribution is -2.36. The Kier molecular flexibility index (Phi) is 4.45. The first kappa shape index (κ1) is 14.7. The van der Waals surface area contributed by atoms with Gasteiger partial charge in [0, 0.05) is 10.0 Å². The van der Waals surface area contributed by atoms with E-state index in [0.29, 0.717) is 16.0 Å². The number of aliphatic imine (C=N–C) groups is 1. The average molecular weight is 353 g/mol. The minimum absolute atomic E-state index is 0.0589. The van der Waals surface area contributed by atoms with Gasteiger partial charge in [-0.3, -0.25) is 4.99 Å². The van der Waals surface area contributed by atoms with E-state index in [0.717, 1.165) is 6.07 Å². The van der Waals surface area contributed by atoms with Gasteiger partial charge in [0.15, 0.2) is 5.54 Å². The molecule has 0 bridgehead atoms. The Morgan fingerprint density at radius 3 is 2.84 bits per heavy atom. The van der Waals surface area contributed by atoms with Gasteiger partial charge >= 0.3 is 0 Å². The Bertz CT molecular complexity index is 510. The molecule has 19 heavy (non-hydrogen) atoms. The zero-order chi connectivity index (χ0) is 14.0. The van der Waals surface area contributed by atoms with Crippen LogP contribution in [0.1, 0.15) is 12.0 Å². The van der Waals surface area contributed by atoms with E-state index in [-0.39, 0.29) is 17.8 Å². The van der Waals surface area contributed by atoms with E-state index < -0.39 is 17.8 Å². The van der Waals surface area contributed by atoms with Crippen LogP contribution in [0, 0.1) is 5.82 Å². The summed E-state index contributed by atoms with van der Waals surface area (Å²) in [6, 6.07) is 3.98. The molecule has 0 fully saturated rings. The highest BCUT2D eigenvalue weighted by atomic mass is 79.9. The molecule has 1 unspecified atom stereocenters. The maximum Gasteiger partial charge on any atom is 0.267 e. The van der Waals surface area contributed by atoms with Gasteiger partial charge in [-0.15, -0.1) is 0 Å². The zero-order valence-corrected chi connectivity index (χ0v) is 12.3. The van der Waals surface area contributed by atoms with Crippen LogP contribution in [-0.2, 0) is 5.54 Å². The van der Waals surface area contributed by atoms with Gasteiger partial charge in [-0.2, -0.15) is 11.8 Å². The van der Waals surface area contributed by atoms with Crippen LogP contribution in [0.4, 0.5) is 13.2 Å². The number of alkyl halides is 2. The maximum atomic E-state index is 13.9. The van der Waals surface area contributed by atoms with Crippen molar-refractivity contribution in [3.8, 4) is 0 Å². The Morgan fingerprint density at radius 1 is 1.42 bits per heavy atom. The molecule has 0 amide bonds. The molecule has 2 rings (SSSR count). The molecular formula is C12H12BrF3N2S. The summed E-state index contributed by atoms with van der Waals surface area (Å²) in [6.45, 7) is 0. The van der Waals surface area contributed by atoms with Crippen molar-refractivity contribution < 1.29 is 13.2 Å². The summed E-state index contributed by atoms with van der Waals surface area (Å²) in [5.41, 5.74) is 3.64. The Labute approximate surface area is 121 Å². The fourth-order valence-electron chi connectivity index (χ4n) is 2.05. The Morgan fingerprint density at radius 2 is 2.16 bits per heavy atom. The maximum absolute atomic E-state index is 13.9. The van der Waals surface area contributed by atoms with Crippen LogP contribution < -0.4 is 5.73 Å². The van der Waals surface area contributed by atoms with Crippen molar-refractivity contribution >= 4 is 33.5 Å². The first-order valence-electron chi connectivity index (χ1n) is 5.61. The molecule has 0 saturated carbocycles. The van der Waals surface area contributed by atoms with Gasteiger partial charge in [-0.1, -0.05) is 15.9 Å². The largest absolute Gasteiger partial charge is 0.387 e. The quantitative estimate of drug-likeness (QED) is 0.883. The number of nitrogens with zero attached hydrogens (tertiary/aromatic N) is 1. The van der Waals surface area contributed by atoms with E-state index in [9.17, 15) is 13.2 Å². The number of benzene rings is 1. The molecular weight excluding hydrogens is 341 g/mol. The Balaban J connectivity index is 2.61. The lowest BCUT2D eigenvalue weighted by atomic mass is 9.87. The number of hydrogen-bond acceptors (Lipinski definition) is 3. The van der Waals surface area contributed by atoms with E-state index in [1.807, 2.05) is 0 Å². The molecule has 1 aliphatic rings. The van der Waals surface area contributed by atoms with Crippen LogP contribution in [0.15, 0.2) is 27.7 Å². The number of rotatable bonds is 2. The Hall–Kier alpha value is -0.690. The molecule has 0 aromatic heterocycles. The summed E-state index contributed by atoms with van der Waals surface area (Å²) < 4.78 is 41.6. The van der Waals surface area contributed by atoms with Crippen LogP contribution in [0.25, 0.3) is 0 Å². The summed E-state index contributed by atoms with van der Waals surface area (Å²) in [5.74, 6) is 0.291. The van der Waals surface area contributed by atoms with Crippen molar-refractivity contribution in [3.05, 3.63) is 34.1 Å². The topological polar surface area (TPSA) is 38.4 Å². The van der Waals surface area contributed by atoms with Gasteiger partial charge in [-0.05, 0) is 30.4 Å². The monoisotopic (exact) mass is 352 g/mol. The molecule has 2 N–H and O–H groups in total. The van der Waals surface area contributed by atoms with Gasteiger partial charge in [0.1, 0.15) is 11.7 Å². The summed E-state index contributed by atoms with van der Waals surface area (Å²) in [7, 11) is 0. The molecule has 104 valence electrons. The third-order valence-corrected chi connectivity index (χ3v) is 4.46. The number of thioether (sulfide) groups is 1. The first-order chi connectivity index (χ1) is 8.95. The van der Waals surface area contributed by atoms with Crippen molar-refractivity contribution in [3.63, 3.8) is 0 Å². The fraction of sp³-hybridized carbons (Fsp3) is 0.417. The predicted molar refractivity (Wildman–Crippen MR) is 75.3 cm³/mol. The van der Waals surface area contributed by atoms with E-state index in [2.05, 4.69) is 20.9 Å².